The number of carbonyl (C=O) groups is 1. The number of hydrogen-bond donors (Lipinski definition) is 0. The van der Waals surface area contributed by atoms with Crippen molar-refractivity contribution in [3.63, 3.8) is 0 Å². The van der Waals surface area contributed by atoms with Crippen LogP contribution in [-0.2, 0) is 9.84 Å². The summed E-state index contributed by atoms with van der Waals surface area (Å²) in [5.74, 6) is 0.0107. The second kappa shape index (κ2) is 7.00. The Morgan fingerprint density at radius 1 is 1.32 bits per heavy atom. The van der Waals surface area contributed by atoms with Crippen LogP contribution >= 0.6 is 0 Å². The van der Waals surface area contributed by atoms with Gasteiger partial charge in [0.25, 0.3) is 5.91 Å². The molecule has 2 heterocycles. The van der Waals surface area contributed by atoms with E-state index in [0.29, 0.717) is 18.7 Å². The van der Waals surface area contributed by atoms with Crippen molar-refractivity contribution in [2.45, 2.75) is 32.7 Å². The van der Waals surface area contributed by atoms with E-state index in [2.05, 4.69) is 5.16 Å². The minimum Gasteiger partial charge on any atom is -0.350 e. The number of nitrogens with zero attached hydrogens (tertiary/aromatic N) is 2. The molecule has 0 radical (unpaired) electrons. The van der Waals surface area contributed by atoms with Gasteiger partial charge in [-0.05, 0) is 19.8 Å². The molecule has 0 N–H and O–H groups in total. The molecule has 1 aromatic heterocycles. The van der Waals surface area contributed by atoms with Gasteiger partial charge in [0, 0.05) is 24.2 Å². The Hall–Kier alpha value is -2.15. The molecule has 134 valence electrons. The molecule has 1 saturated heterocycles. The molecule has 1 aromatic carbocycles. The van der Waals surface area contributed by atoms with E-state index in [0.717, 1.165) is 17.5 Å². The topological polar surface area (TPSA) is 80.5 Å². The van der Waals surface area contributed by atoms with Crippen LogP contribution in [0.3, 0.4) is 0 Å². The van der Waals surface area contributed by atoms with Crippen LogP contribution < -0.4 is 0 Å². The molecule has 25 heavy (non-hydrogen) atoms. The summed E-state index contributed by atoms with van der Waals surface area (Å²) >= 11 is 0. The first-order valence-corrected chi connectivity index (χ1v) is 10.3. The van der Waals surface area contributed by atoms with Gasteiger partial charge < -0.3 is 9.42 Å². The van der Waals surface area contributed by atoms with E-state index in [1.165, 1.54) is 0 Å². The van der Waals surface area contributed by atoms with Crippen molar-refractivity contribution in [2.75, 3.05) is 18.1 Å². The molecule has 0 bridgehead atoms. The summed E-state index contributed by atoms with van der Waals surface area (Å²) in [5.41, 5.74) is 2.61. The monoisotopic (exact) mass is 362 g/mol. The molecule has 1 atom stereocenters. The lowest BCUT2D eigenvalue weighted by atomic mass is 10.1. The lowest BCUT2D eigenvalue weighted by molar-refractivity contribution is 0.0654. The number of amides is 1. The SMILES string of the molecule is CCCN(C(=O)c1cc(-c2ccc(C)cc2)no1)C1CCS(=O)(=O)C1. The lowest BCUT2D eigenvalue weighted by Crippen LogP contribution is -2.41. The van der Waals surface area contributed by atoms with Gasteiger partial charge in [-0.2, -0.15) is 0 Å². The summed E-state index contributed by atoms with van der Waals surface area (Å²) in [6.45, 7) is 4.46. The van der Waals surface area contributed by atoms with Crippen molar-refractivity contribution in [1.82, 2.24) is 10.1 Å². The maximum absolute atomic E-state index is 12.8. The first kappa shape index (κ1) is 17.7. The molecule has 0 aliphatic carbocycles. The van der Waals surface area contributed by atoms with E-state index in [1.54, 1.807) is 11.0 Å². The zero-order valence-electron chi connectivity index (χ0n) is 14.4. The van der Waals surface area contributed by atoms with Crippen LogP contribution in [0.25, 0.3) is 11.3 Å². The third-order valence-corrected chi connectivity index (χ3v) is 6.19. The van der Waals surface area contributed by atoms with Gasteiger partial charge in [0.1, 0.15) is 5.69 Å². The van der Waals surface area contributed by atoms with Gasteiger partial charge in [-0.25, -0.2) is 8.42 Å². The molecular weight excluding hydrogens is 340 g/mol. The summed E-state index contributed by atoms with van der Waals surface area (Å²) in [7, 11) is -3.06. The highest BCUT2D eigenvalue weighted by atomic mass is 32.2. The van der Waals surface area contributed by atoms with Crippen LogP contribution in [0.1, 0.15) is 35.9 Å². The molecule has 6 nitrogen and oxygen atoms in total. The smallest absolute Gasteiger partial charge is 0.292 e. The quantitative estimate of drug-likeness (QED) is 0.817. The number of rotatable bonds is 5. The molecule has 0 saturated carbocycles. The molecule has 0 spiro atoms. The maximum Gasteiger partial charge on any atom is 0.292 e. The first-order chi connectivity index (χ1) is 11.9. The van der Waals surface area contributed by atoms with E-state index >= 15 is 0 Å². The van der Waals surface area contributed by atoms with Gasteiger partial charge in [-0.3, -0.25) is 4.79 Å². The third kappa shape index (κ3) is 3.92. The van der Waals surface area contributed by atoms with Crippen LogP contribution in [0.2, 0.25) is 0 Å². The fourth-order valence-corrected chi connectivity index (χ4v) is 4.82. The van der Waals surface area contributed by atoms with Crippen molar-refractivity contribution in [1.29, 1.82) is 0 Å². The number of benzene rings is 1. The molecular formula is C18H22N2O4S. The van der Waals surface area contributed by atoms with Crippen LogP contribution in [0.5, 0.6) is 0 Å². The van der Waals surface area contributed by atoms with Gasteiger partial charge in [0.2, 0.25) is 5.76 Å². The summed E-state index contributed by atoms with van der Waals surface area (Å²) in [5, 5.41) is 3.99. The number of sulfone groups is 1. The predicted octanol–water partition coefficient (Wildman–Crippen LogP) is 2.69. The highest BCUT2D eigenvalue weighted by Gasteiger charge is 2.35. The van der Waals surface area contributed by atoms with Gasteiger partial charge in [0.05, 0.1) is 11.5 Å². The van der Waals surface area contributed by atoms with Crippen molar-refractivity contribution < 1.29 is 17.7 Å². The fourth-order valence-electron chi connectivity index (χ4n) is 3.09. The standard InChI is InChI=1S/C18H22N2O4S/c1-3-9-20(15-8-10-25(22,23)12-15)18(21)17-11-16(19-24-17)14-6-4-13(2)5-7-14/h4-7,11,15H,3,8-10,12H2,1-2H3. The minimum absolute atomic E-state index is 0.0255. The summed E-state index contributed by atoms with van der Waals surface area (Å²) in [6.07, 6.45) is 1.23. The molecule has 1 aliphatic heterocycles. The second-order valence-electron chi connectivity index (χ2n) is 6.50. The number of aromatic nitrogens is 1. The molecule has 3 rings (SSSR count). The highest BCUT2D eigenvalue weighted by molar-refractivity contribution is 7.91. The molecule has 1 aliphatic rings. The van der Waals surface area contributed by atoms with Gasteiger partial charge in [0.15, 0.2) is 9.84 Å². The van der Waals surface area contributed by atoms with Crippen LogP contribution in [-0.4, -0.2) is 48.5 Å². The Balaban J connectivity index is 1.82. The Kier molecular flexibility index (Phi) is 4.94. The molecule has 1 amide bonds. The zero-order chi connectivity index (χ0) is 18.0. The number of carbonyl (C=O) groups excluding carboxylic acids is 1. The van der Waals surface area contributed by atoms with Crippen molar-refractivity contribution in [3.8, 4) is 11.3 Å². The van der Waals surface area contributed by atoms with Crippen LogP contribution in [0, 0.1) is 6.92 Å². The maximum atomic E-state index is 12.8. The second-order valence-corrected chi connectivity index (χ2v) is 8.73. The Morgan fingerprint density at radius 3 is 2.64 bits per heavy atom. The van der Waals surface area contributed by atoms with Crippen molar-refractivity contribution in [3.05, 3.63) is 41.7 Å². The van der Waals surface area contributed by atoms with E-state index in [4.69, 9.17) is 4.52 Å². The summed E-state index contributed by atoms with van der Waals surface area (Å²) in [4.78, 5) is 14.4. The van der Waals surface area contributed by atoms with Crippen molar-refractivity contribution >= 4 is 15.7 Å². The molecule has 7 heteroatoms. The molecule has 1 unspecified atom stereocenters. The molecule has 1 fully saturated rings. The van der Waals surface area contributed by atoms with E-state index < -0.39 is 9.84 Å². The predicted molar refractivity (Wildman–Crippen MR) is 95.1 cm³/mol. The number of hydrogen-bond acceptors (Lipinski definition) is 5. The number of aryl methyl sites for hydroxylation is 1. The fraction of sp³-hybridized carbons (Fsp3) is 0.444. The minimum atomic E-state index is -3.06. The normalized spacial score (nSPS) is 19.0. The van der Waals surface area contributed by atoms with Crippen molar-refractivity contribution in [2.24, 2.45) is 0 Å². The van der Waals surface area contributed by atoms with E-state index in [-0.39, 0.29) is 29.2 Å². The Labute approximate surface area is 147 Å². The highest BCUT2D eigenvalue weighted by Crippen LogP contribution is 2.23. The summed E-state index contributed by atoms with van der Waals surface area (Å²) < 4.78 is 28.8. The summed E-state index contributed by atoms with van der Waals surface area (Å²) in [6, 6.07) is 9.13. The molecule has 2 aromatic rings. The van der Waals surface area contributed by atoms with Crippen LogP contribution in [0.4, 0.5) is 0 Å². The lowest BCUT2D eigenvalue weighted by Gasteiger charge is -2.26. The van der Waals surface area contributed by atoms with E-state index in [9.17, 15) is 13.2 Å². The van der Waals surface area contributed by atoms with Gasteiger partial charge in [-0.1, -0.05) is 41.9 Å². The van der Waals surface area contributed by atoms with Gasteiger partial charge >= 0.3 is 0 Å². The largest absolute Gasteiger partial charge is 0.350 e. The van der Waals surface area contributed by atoms with E-state index in [1.807, 2.05) is 38.1 Å². The zero-order valence-corrected chi connectivity index (χ0v) is 15.3. The first-order valence-electron chi connectivity index (χ1n) is 8.45. The Bertz CT molecular complexity index is 855. The Morgan fingerprint density at radius 2 is 2.04 bits per heavy atom. The third-order valence-electron chi connectivity index (χ3n) is 4.44. The van der Waals surface area contributed by atoms with Crippen LogP contribution in [0.15, 0.2) is 34.9 Å². The average Bonchev–Trinajstić information content (AvgIpc) is 3.19. The average molecular weight is 362 g/mol. The van der Waals surface area contributed by atoms with Gasteiger partial charge in [-0.15, -0.1) is 0 Å².